The van der Waals surface area contributed by atoms with Crippen molar-refractivity contribution in [3.05, 3.63) is 48.4 Å². The van der Waals surface area contributed by atoms with E-state index < -0.39 is 0 Å². The van der Waals surface area contributed by atoms with Crippen molar-refractivity contribution < 1.29 is 9.21 Å². The van der Waals surface area contributed by atoms with Gasteiger partial charge in [0.1, 0.15) is 5.76 Å². The van der Waals surface area contributed by atoms with Gasteiger partial charge in [0.2, 0.25) is 5.91 Å². The van der Waals surface area contributed by atoms with Gasteiger partial charge in [-0.1, -0.05) is 6.07 Å². The van der Waals surface area contributed by atoms with Gasteiger partial charge in [-0.2, -0.15) is 0 Å². The zero-order valence-electron chi connectivity index (χ0n) is 11.8. The second-order valence-electron chi connectivity index (χ2n) is 4.93. The van der Waals surface area contributed by atoms with Gasteiger partial charge in [0, 0.05) is 30.8 Å². The van der Waals surface area contributed by atoms with Crippen LogP contribution >= 0.6 is 0 Å². The summed E-state index contributed by atoms with van der Waals surface area (Å²) in [5.74, 6) is 0.943. The number of furan rings is 1. The Bertz CT molecular complexity index is 549. The summed E-state index contributed by atoms with van der Waals surface area (Å²) >= 11 is 0. The van der Waals surface area contributed by atoms with Crippen LogP contribution in [0.25, 0.3) is 0 Å². The average molecular weight is 272 g/mol. The van der Waals surface area contributed by atoms with Crippen LogP contribution in [0.3, 0.4) is 0 Å². The lowest BCUT2D eigenvalue weighted by Crippen LogP contribution is -2.16. The fourth-order valence-corrected chi connectivity index (χ4v) is 2.06. The van der Waals surface area contributed by atoms with Gasteiger partial charge < -0.3 is 15.1 Å². The van der Waals surface area contributed by atoms with Crippen LogP contribution in [0.5, 0.6) is 0 Å². The fraction of sp³-hybridized carbons (Fsp3) is 0.312. The molecule has 4 nitrogen and oxygen atoms in total. The molecular formula is C16H20N2O2. The molecule has 1 amide bonds. The highest BCUT2D eigenvalue weighted by molar-refractivity contribution is 5.89. The second-order valence-corrected chi connectivity index (χ2v) is 4.93. The molecular weight excluding hydrogens is 252 g/mol. The maximum absolute atomic E-state index is 11.0. The Morgan fingerprint density at radius 3 is 2.75 bits per heavy atom. The van der Waals surface area contributed by atoms with E-state index in [4.69, 9.17) is 4.42 Å². The molecule has 0 aliphatic heterocycles. The third-order valence-corrected chi connectivity index (χ3v) is 3.00. The molecule has 1 heterocycles. The van der Waals surface area contributed by atoms with E-state index in [1.54, 1.807) is 6.26 Å². The van der Waals surface area contributed by atoms with E-state index in [1.807, 2.05) is 36.4 Å². The number of rotatable bonds is 6. The number of carbonyl (C=O) groups is 1. The van der Waals surface area contributed by atoms with Crippen molar-refractivity contribution in [2.45, 2.75) is 32.7 Å². The molecule has 0 spiro atoms. The first-order chi connectivity index (χ1) is 9.63. The number of aryl methyl sites for hydroxylation is 1. The quantitative estimate of drug-likeness (QED) is 0.843. The molecule has 1 atom stereocenters. The third kappa shape index (κ3) is 4.46. The molecule has 0 saturated carbocycles. The minimum atomic E-state index is -0.0620. The van der Waals surface area contributed by atoms with Crippen LogP contribution in [-0.2, 0) is 11.2 Å². The van der Waals surface area contributed by atoms with E-state index >= 15 is 0 Å². The zero-order chi connectivity index (χ0) is 14.4. The van der Waals surface area contributed by atoms with Crippen LogP contribution in [0.1, 0.15) is 26.0 Å². The lowest BCUT2D eigenvalue weighted by molar-refractivity contribution is -0.114. The fourth-order valence-electron chi connectivity index (χ4n) is 2.06. The van der Waals surface area contributed by atoms with Gasteiger partial charge in [0.05, 0.1) is 6.26 Å². The summed E-state index contributed by atoms with van der Waals surface area (Å²) in [6.07, 6.45) is 3.59. The molecule has 0 fully saturated rings. The Labute approximate surface area is 119 Å². The molecule has 4 heteroatoms. The van der Waals surface area contributed by atoms with Crippen molar-refractivity contribution in [1.82, 2.24) is 0 Å². The Kier molecular flexibility index (Phi) is 4.82. The van der Waals surface area contributed by atoms with Crippen molar-refractivity contribution >= 4 is 17.3 Å². The molecule has 0 aliphatic rings. The van der Waals surface area contributed by atoms with Crippen LogP contribution in [0, 0.1) is 0 Å². The van der Waals surface area contributed by atoms with Crippen LogP contribution in [0.15, 0.2) is 47.1 Å². The monoisotopic (exact) mass is 272 g/mol. The minimum Gasteiger partial charge on any atom is -0.469 e. The van der Waals surface area contributed by atoms with E-state index in [-0.39, 0.29) is 5.91 Å². The number of benzene rings is 1. The summed E-state index contributed by atoms with van der Waals surface area (Å²) in [5, 5.41) is 6.20. The van der Waals surface area contributed by atoms with Crippen molar-refractivity contribution in [1.29, 1.82) is 0 Å². The van der Waals surface area contributed by atoms with Crippen molar-refractivity contribution in [2.75, 3.05) is 10.6 Å². The molecule has 0 radical (unpaired) electrons. The number of nitrogens with one attached hydrogen (secondary N) is 2. The van der Waals surface area contributed by atoms with Gasteiger partial charge in [-0.05, 0) is 43.7 Å². The highest BCUT2D eigenvalue weighted by atomic mass is 16.3. The Hall–Kier alpha value is -2.23. The molecule has 1 aromatic heterocycles. The Morgan fingerprint density at radius 2 is 2.05 bits per heavy atom. The molecule has 1 unspecified atom stereocenters. The van der Waals surface area contributed by atoms with E-state index in [1.165, 1.54) is 6.92 Å². The van der Waals surface area contributed by atoms with Crippen LogP contribution in [-0.4, -0.2) is 11.9 Å². The van der Waals surface area contributed by atoms with E-state index in [0.29, 0.717) is 6.04 Å². The van der Waals surface area contributed by atoms with Crippen molar-refractivity contribution in [3.63, 3.8) is 0 Å². The van der Waals surface area contributed by atoms with E-state index in [0.717, 1.165) is 30.0 Å². The van der Waals surface area contributed by atoms with Gasteiger partial charge in [0.25, 0.3) is 0 Å². The molecule has 2 rings (SSSR count). The highest BCUT2D eigenvalue weighted by Gasteiger charge is 2.05. The summed E-state index contributed by atoms with van der Waals surface area (Å²) in [7, 11) is 0. The topological polar surface area (TPSA) is 54.3 Å². The van der Waals surface area contributed by atoms with Crippen molar-refractivity contribution in [3.8, 4) is 0 Å². The number of hydrogen-bond donors (Lipinski definition) is 2. The lowest BCUT2D eigenvalue weighted by atomic mass is 10.1. The van der Waals surface area contributed by atoms with Gasteiger partial charge in [-0.25, -0.2) is 0 Å². The zero-order valence-corrected chi connectivity index (χ0v) is 11.8. The molecule has 2 aromatic rings. The maximum atomic E-state index is 11.0. The summed E-state index contributed by atoms with van der Waals surface area (Å²) in [5.41, 5.74) is 1.81. The smallest absolute Gasteiger partial charge is 0.221 e. The number of carbonyl (C=O) groups excluding carboxylic acids is 1. The van der Waals surface area contributed by atoms with E-state index in [9.17, 15) is 4.79 Å². The first kappa shape index (κ1) is 14.2. The summed E-state index contributed by atoms with van der Waals surface area (Å²) in [4.78, 5) is 11.0. The first-order valence-corrected chi connectivity index (χ1v) is 6.80. The predicted molar refractivity (Wildman–Crippen MR) is 80.9 cm³/mol. The molecule has 0 aliphatic carbocycles. The normalized spacial score (nSPS) is 11.9. The molecule has 106 valence electrons. The van der Waals surface area contributed by atoms with E-state index in [2.05, 4.69) is 17.6 Å². The minimum absolute atomic E-state index is 0.0620. The number of amides is 1. The summed E-state index contributed by atoms with van der Waals surface area (Å²) < 4.78 is 5.32. The first-order valence-electron chi connectivity index (χ1n) is 6.80. The standard InChI is InChI=1S/C16H20N2O2/c1-12(8-9-16-7-4-10-20-16)17-14-5-3-6-15(11-14)18-13(2)19/h3-7,10-12,17H,8-9H2,1-2H3,(H,18,19). The number of hydrogen-bond acceptors (Lipinski definition) is 3. The van der Waals surface area contributed by atoms with Crippen LogP contribution in [0.2, 0.25) is 0 Å². The average Bonchev–Trinajstić information content (AvgIpc) is 2.89. The van der Waals surface area contributed by atoms with Crippen LogP contribution < -0.4 is 10.6 Å². The molecule has 20 heavy (non-hydrogen) atoms. The molecule has 0 bridgehead atoms. The Balaban J connectivity index is 1.87. The largest absolute Gasteiger partial charge is 0.469 e. The molecule has 1 aromatic carbocycles. The summed E-state index contributed by atoms with van der Waals surface area (Å²) in [6, 6.07) is 12.0. The summed E-state index contributed by atoms with van der Waals surface area (Å²) in [6.45, 7) is 3.64. The van der Waals surface area contributed by atoms with Crippen LogP contribution in [0.4, 0.5) is 11.4 Å². The SMILES string of the molecule is CC(=O)Nc1cccc(NC(C)CCc2ccco2)c1. The third-order valence-electron chi connectivity index (χ3n) is 3.00. The predicted octanol–water partition coefficient (Wildman–Crippen LogP) is 3.67. The van der Waals surface area contributed by atoms with Gasteiger partial charge in [-0.3, -0.25) is 4.79 Å². The molecule has 2 N–H and O–H groups in total. The van der Waals surface area contributed by atoms with Gasteiger partial charge in [-0.15, -0.1) is 0 Å². The Morgan fingerprint density at radius 1 is 1.25 bits per heavy atom. The second kappa shape index (κ2) is 6.80. The van der Waals surface area contributed by atoms with Gasteiger partial charge >= 0.3 is 0 Å². The molecule has 0 saturated heterocycles. The van der Waals surface area contributed by atoms with Gasteiger partial charge in [0.15, 0.2) is 0 Å². The lowest BCUT2D eigenvalue weighted by Gasteiger charge is -2.15. The maximum Gasteiger partial charge on any atom is 0.221 e. The highest BCUT2D eigenvalue weighted by Crippen LogP contribution is 2.17. The number of anilines is 2. The van der Waals surface area contributed by atoms with Crippen molar-refractivity contribution in [2.24, 2.45) is 0 Å².